The quantitative estimate of drug-likeness (QED) is 0.873. The van der Waals surface area contributed by atoms with Crippen molar-refractivity contribution in [3.63, 3.8) is 0 Å². The second kappa shape index (κ2) is 5.40. The highest BCUT2D eigenvalue weighted by molar-refractivity contribution is 5.90. The number of benzene rings is 1. The lowest BCUT2D eigenvalue weighted by molar-refractivity contribution is 0.0684. The molecule has 0 fully saturated rings. The molecule has 1 rings (SSSR count). The average Bonchev–Trinajstić information content (AvgIpc) is 2.26. The third-order valence-corrected chi connectivity index (χ3v) is 3.16. The van der Waals surface area contributed by atoms with Crippen molar-refractivity contribution in [1.82, 2.24) is 4.90 Å². The predicted molar refractivity (Wildman–Crippen MR) is 71.4 cm³/mol. The summed E-state index contributed by atoms with van der Waals surface area (Å²) in [5.41, 5.74) is 1.03. The summed E-state index contributed by atoms with van der Waals surface area (Å²) >= 11 is 0. The van der Waals surface area contributed by atoms with Gasteiger partial charge in [0, 0.05) is 5.54 Å². The van der Waals surface area contributed by atoms with Gasteiger partial charge in [0.1, 0.15) is 17.9 Å². The summed E-state index contributed by atoms with van der Waals surface area (Å²) in [5, 5.41) is 9.10. The van der Waals surface area contributed by atoms with Gasteiger partial charge in [0.2, 0.25) is 0 Å². The Morgan fingerprint density at radius 3 is 2.50 bits per heavy atom. The molecule has 0 bridgehead atoms. The minimum Gasteiger partial charge on any atom is -0.491 e. The number of nitrogens with zero attached hydrogens (tertiary/aromatic N) is 1. The summed E-state index contributed by atoms with van der Waals surface area (Å²) in [7, 11) is 3.94. The first kappa shape index (κ1) is 14.5. The zero-order chi connectivity index (χ0) is 13.9. The highest BCUT2D eigenvalue weighted by Gasteiger charge is 2.22. The fraction of sp³-hybridized carbons (Fsp3) is 0.500. The van der Waals surface area contributed by atoms with Crippen LogP contribution in [0.4, 0.5) is 0 Å². The molecule has 0 aliphatic heterocycles. The van der Waals surface area contributed by atoms with Gasteiger partial charge in [-0.3, -0.25) is 0 Å². The van der Waals surface area contributed by atoms with Crippen LogP contribution in [-0.2, 0) is 0 Å². The van der Waals surface area contributed by atoms with Crippen LogP contribution in [0.15, 0.2) is 18.2 Å². The molecule has 0 aliphatic carbocycles. The van der Waals surface area contributed by atoms with E-state index in [1.165, 1.54) is 0 Å². The van der Waals surface area contributed by atoms with Crippen molar-refractivity contribution < 1.29 is 14.6 Å². The second-order valence-electron chi connectivity index (χ2n) is 5.30. The maximum Gasteiger partial charge on any atom is 0.339 e. The maximum absolute atomic E-state index is 11.1. The number of carboxylic acid groups (broad SMARTS) is 1. The third-order valence-electron chi connectivity index (χ3n) is 3.16. The minimum atomic E-state index is -0.965. The van der Waals surface area contributed by atoms with Gasteiger partial charge in [-0.15, -0.1) is 0 Å². The molecule has 0 amide bonds. The SMILES string of the molecule is Cc1ccc(C(=O)O)c(OCC(C)(C)N(C)C)c1. The van der Waals surface area contributed by atoms with E-state index in [0.717, 1.165) is 5.56 Å². The topological polar surface area (TPSA) is 49.8 Å². The zero-order valence-electron chi connectivity index (χ0n) is 11.7. The van der Waals surface area contributed by atoms with Crippen LogP contribution in [0.3, 0.4) is 0 Å². The monoisotopic (exact) mass is 251 g/mol. The average molecular weight is 251 g/mol. The van der Waals surface area contributed by atoms with Gasteiger partial charge in [0.25, 0.3) is 0 Å². The number of rotatable bonds is 5. The van der Waals surface area contributed by atoms with E-state index in [1.807, 2.05) is 39.8 Å². The molecule has 0 radical (unpaired) electrons. The van der Waals surface area contributed by atoms with Crippen molar-refractivity contribution in [3.05, 3.63) is 29.3 Å². The largest absolute Gasteiger partial charge is 0.491 e. The molecule has 18 heavy (non-hydrogen) atoms. The number of carboxylic acids is 1. The summed E-state index contributed by atoms with van der Waals surface area (Å²) in [4.78, 5) is 13.1. The van der Waals surface area contributed by atoms with E-state index in [1.54, 1.807) is 18.2 Å². The molecule has 0 atom stereocenters. The van der Waals surface area contributed by atoms with Crippen LogP contribution in [0, 0.1) is 6.92 Å². The van der Waals surface area contributed by atoms with E-state index in [9.17, 15) is 4.79 Å². The molecule has 0 heterocycles. The van der Waals surface area contributed by atoms with Crippen molar-refractivity contribution in [1.29, 1.82) is 0 Å². The first-order chi connectivity index (χ1) is 8.24. The lowest BCUT2D eigenvalue weighted by Crippen LogP contribution is -2.43. The van der Waals surface area contributed by atoms with Crippen molar-refractivity contribution in [3.8, 4) is 5.75 Å². The Kier molecular flexibility index (Phi) is 4.35. The Hall–Kier alpha value is -1.55. The first-order valence-corrected chi connectivity index (χ1v) is 5.88. The molecule has 0 saturated carbocycles. The van der Waals surface area contributed by atoms with Gasteiger partial charge in [0.15, 0.2) is 0 Å². The molecular weight excluding hydrogens is 230 g/mol. The highest BCUT2D eigenvalue weighted by Crippen LogP contribution is 2.22. The molecule has 4 nitrogen and oxygen atoms in total. The van der Waals surface area contributed by atoms with Gasteiger partial charge in [-0.25, -0.2) is 4.79 Å². The number of aromatic carboxylic acids is 1. The number of likely N-dealkylation sites (N-methyl/N-ethyl adjacent to an activating group) is 1. The molecule has 0 aliphatic rings. The maximum atomic E-state index is 11.1. The zero-order valence-corrected chi connectivity index (χ0v) is 11.7. The van der Waals surface area contributed by atoms with Crippen LogP contribution in [0.25, 0.3) is 0 Å². The van der Waals surface area contributed by atoms with Crippen molar-refractivity contribution in [2.75, 3.05) is 20.7 Å². The standard InChI is InChI=1S/C14H21NO3/c1-10-6-7-11(13(16)17)12(8-10)18-9-14(2,3)15(4)5/h6-8H,9H2,1-5H3,(H,16,17). The highest BCUT2D eigenvalue weighted by atomic mass is 16.5. The van der Waals surface area contributed by atoms with E-state index in [0.29, 0.717) is 12.4 Å². The van der Waals surface area contributed by atoms with E-state index in [-0.39, 0.29) is 11.1 Å². The number of carbonyl (C=O) groups is 1. The summed E-state index contributed by atoms with van der Waals surface area (Å²) in [6.45, 7) is 6.44. The Labute approximate surface area is 108 Å². The molecular formula is C14H21NO3. The van der Waals surface area contributed by atoms with E-state index >= 15 is 0 Å². The van der Waals surface area contributed by atoms with Gasteiger partial charge in [-0.05, 0) is 52.6 Å². The summed E-state index contributed by atoms with van der Waals surface area (Å²) in [5.74, 6) is -0.537. The van der Waals surface area contributed by atoms with Crippen LogP contribution in [0.5, 0.6) is 5.75 Å². The fourth-order valence-electron chi connectivity index (χ4n) is 1.31. The molecule has 1 N–H and O–H groups in total. The second-order valence-corrected chi connectivity index (χ2v) is 5.30. The molecule has 1 aromatic carbocycles. The number of ether oxygens (including phenoxy) is 1. The smallest absolute Gasteiger partial charge is 0.339 e. The molecule has 4 heteroatoms. The van der Waals surface area contributed by atoms with Gasteiger partial charge in [-0.1, -0.05) is 6.07 Å². The number of aryl methyl sites for hydroxylation is 1. The van der Waals surface area contributed by atoms with Crippen LogP contribution in [0.2, 0.25) is 0 Å². The number of hydrogen-bond acceptors (Lipinski definition) is 3. The van der Waals surface area contributed by atoms with Crippen LogP contribution in [0.1, 0.15) is 29.8 Å². The number of hydrogen-bond donors (Lipinski definition) is 1. The molecule has 0 spiro atoms. The Balaban J connectivity index is 2.90. The van der Waals surface area contributed by atoms with Crippen LogP contribution >= 0.6 is 0 Å². The first-order valence-electron chi connectivity index (χ1n) is 5.88. The Morgan fingerprint density at radius 2 is 2.00 bits per heavy atom. The van der Waals surface area contributed by atoms with Crippen LogP contribution in [-0.4, -0.2) is 42.2 Å². The summed E-state index contributed by atoms with van der Waals surface area (Å²) < 4.78 is 5.68. The minimum absolute atomic E-state index is 0.153. The predicted octanol–water partition coefficient (Wildman–Crippen LogP) is 2.41. The molecule has 0 unspecified atom stereocenters. The van der Waals surface area contributed by atoms with Gasteiger partial charge in [0.05, 0.1) is 0 Å². The normalized spacial score (nSPS) is 11.7. The molecule has 0 aromatic heterocycles. The molecule has 100 valence electrons. The van der Waals surface area contributed by atoms with Crippen molar-refractivity contribution in [2.45, 2.75) is 26.3 Å². The Morgan fingerprint density at radius 1 is 1.39 bits per heavy atom. The fourth-order valence-corrected chi connectivity index (χ4v) is 1.31. The Bertz CT molecular complexity index is 439. The molecule has 1 aromatic rings. The van der Waals surface area contributed by atoms with Gasteiger partial charge in [-0.2, -0.15) is 0 Å². The van der Waals surface area contributed by atoms with Crippen molar-refractivity contribution in [2.24, 2.45) is 0 Å². The van der Waals surface area contributed by atoms with Gasteiger partial charge >= 0.3 is 5.97 Å². The van der Waals surface area contributed by atoms with E-state index in [2.05, 4.69) is 0 Å². The molecule has 0 saturated heterocycles. The summed E-state index contributed by atoms with van der Waals surface area (Å²) in [6.07, 6.45) is 0. The third kappa shape index (κ3) is 3.47. The lowest BCUT2D eigenvalue weighted by atomic mass is 10.1. The van der Waals surface area contributed by atoms with E-state index < -0.39 is 5.97 Å². The van der Waals surface area contributed by atoms with Crippen LogP contribution < -0.4 is 4.74 Å². The van der Waals surface area contributed by atoms with Gasteiger partial charge < -0.3 is 14.7 Å². The van der Waals surface area contributed by atoms with E-state index in [4.69, 9.17) is 9.84 Å². The van der Waals surface area contributed by atoms with Crippen molar-refractivity contribution >= 4 is 5.97 Å². The summed E-state index contributed by atoms with van der Waals surface area (Å²) in [6, 6.07) is 5.11. The lowest BCUT2D eigenvalue weighted by Gasteiger charge is -2.32.